The normalized spacial score (nSPS) is 15.2. The molecule has 2 N–H and O–H groups in total. The predicted octanol–water partition coefficient (Wildman–Crippen LogP) is 2.53. The Balaban J connectivity index is 1.24. The predicted molar refractivity (Wildman–Crippen MR) is 115 cm³/mol. The highest BCUT2D eigenvalue weighted by atomic mass is 16.7. The second-order valence-electron chi connectivity index (χ2n) is 7.15. The van der Waals surface area contributed by atoms with Gasteiger partial charge in [-0.2, -0.15) is 5.10 Å². The number of carbonyl (C=O) groups excluding carboxylic acids is 1. The van der Waals surface area contributed by atoms with Crippen molar-refractivity contribution in [2.24, 2.45) is 12.2 Å². The fourth-order valence-corrected chi connectivity index (χ4v) is 3.11. The van der Waals surface area contributed by atoms with E-state index in [-0.39, 0.29) is 12.1 Å². The number of carbonyl (C=O) groups is 1. The number of oxime groups is 1. The van der Waals surface area contributed by atoms with E-state index in [1.807, 2.05) is 32.3 Å². The fourth-order valence-electron chi connectivity index (χ4n) is 3.11. The van der Waals surface area contributed by atoms with Crippen LogP contribution >= 0.6 is 0 Å². The highest BCUT2D eigenvalue weighted by Gasteiger charge is 2.23. The summed E-state index contributed by atoms with van der Waals surface area (Å²) < 4.78 is 7.66. The maximum Gasteiger partial charge on any atom is 0.319 e. The van der Waals surface area contributed by atoms with Gasteiger partial charge in [-0.25, -0.2) is 4.79 Å². The zero-order valence-corrected chi connectivity index (χ0v) is 17.3. The summed E-state index contributed by atoms with van der Waals surface area (Å²) in [4.78, 5) is 26.0. The molecule has 0 aromatic carbocycles. The van der Waals surface area contributed by atoms with Gasteiger partial charge in [-0.15, -0.1) is 0 Å². The summed E-state index contributed by atoms with van der Waals surface area (Å²) >= 11 is 0. The number of ether oxygens (including phenoxy) is 1. The van der Waals surface area contributed by atoms with Crippen LogP contribution in [-0.2, 0) is 11.9 Å². The van der Waals surface area contributed by atoms with Crippen LogP contribution in [0.3, 0.4) is 0 Å². The molecule has 1 aliphatic rings. The number of urea groups is 1. The van der Waals surface area contributed by atoms with Gasteiger partial charge in [-0.3, -0.25) is 14.6 Å². The zero-order valence-electron chi connectivity index (χ0n) is 17.3. The molecule has 0 saturated carbocycles. The maximum absolute atomic E-state index is 12.1. The first-order chi connectivity index (χ1) is 15.1. The number of amides is 2. The molecule has 4 heterocycles. The van der Waals surface area contributed by atoms with Gasteiger partial charge in [-0.1, -0.05) is 5.16 Å². The molecule has 3 aromatic heterocycles. The first kappa shape index (κ1) is 20.3. The van der Waals surface area contributed by atoms with Crippen LogP contribution in [-0.4, -0.2) is 50.7 Å². The van der Waals surface area contributed by atoms with Crippen molar-refractivity contribution in [3.8, 4) is 17.0 Å². The zero-order chi connectivity index (χ0) is 21.6. The number of rotatable bonds is 7. The summed E-state index contributed by atoms with van der Waals surface area (Å²) in [7, 11) is 1.85. The molecule has 1 atom stereocenters. The average Bonchev–Trinajstić information content (AvgIpc) is 3.40. The van der Waals surface area contributed by atoms with Crippen molar-refractivity contribution >= 4 is 17.4 Å². The summed E-state index contributed by atoms with van der Waals surface area (Å²) in [6, 6.07) is 6.89. The van der Waals surface area contributed by atoms with Crippen LogP contribution in [0.25, 0.3) is 11.3 Å². The lowest BCUT2D eigenvalue weighted by atomic mass is 10.2. The number of nitrogens with zero attached hydrogens (tertiary/aromatic N) is 5. The van der Waals surface area contributed by atoms with Gasteiger partial charge in [0.15, 0.2) is 6.10 Å². The molecule has 160 valence electrons. The molecule has 1 aliphatic heterocycles. The molecule has 0 radical (unpaired) electrons. The number of pyridine rings is 2. The van der Waals surface area contributed by atoms with E-state index in [1.54, 1.807) is 35.4 Å². The van der Waals surface area contributed by atoms with Crippen molar-refractivity contribution in [2.75, 3.05) is 18.5 Å². The molecular formula is C21H23N7O3. The highest BCUT2D eigenvalue weighted by molar-refractivity contribution is 5.94. The lowest BCUT2D eigenvalue weighted by molar-refractivity contribution is 0.0471. The van der Waals surface area contributed by atoms with Gasteiger partial charge in [0.05, 0.1) is 18.5 Å². The van der Waals surface area contributed by atoms with Crippen LogP contribution in [0.15, 0.2) is 54.2 Å². The van der Waals surface area contributed by atoms with Crippen LogP contribution in [0.2, 0.25) is 0 Å². The van der Waals surface area contributed by atoms with E-state index in [2.05, 4.69) is 30.9 Å². The third-order valence-electron chi connectivity index (χ3n) is 4.58. The lowest BCUT2D eigenvalue weighted by Gasteiger charge is -2.12. The molecule has 3 aromatic rings. The fraction of sp³-hybridized carbons (Fsp3) is 0.286. The second kappa shape index (κ2) is 9.24. The molecule has 10 nitrogen and oxygen atoms in total. The highest BCUT2D eigenvalue weighted by Crippen LogP contribution is 2.27. The van der Waals surface area contributed by atoms with E-state index in [9.17, 15) is 4.79 Å². The Hall–Kier alpha value is -3.95. The SMILES string of the molecule is Cc1cc(NC(=O)NCC2=NOC(COc3cccnc3-c3cnn(C)c3)C2)ccn1. The Morgan fingerprint density at radius 1 is 1.32 bits per heavy atom. The molecule has 0 aliphatic carbocycles. The molecule has 0 fully saturated rings. The van der Waals surface area contributed by atoms with E-state index < -0.39 is 0 Å². The molecule has 31 heavy (non-hydrogen) atoms. The van der Waals surface area contributed by atoms with Crippen molar-refractivity contribution in [1.82, 2.24) is 25.1 Å². The largest absolute Gasteiger partial charge is 0.487 e. The summed E-state index contributed by atoms with van der Waals surface area (Å²) in [6.07, 6.45) is 7.32. The molecule has 0 spiro atoms. The van der Waals surface area contributed by atoms with Gasteiger partial charge in [0, 0.05) is 49.0 Å². The standard InChI is InChI=1S/C21H23N7O3/c1-14-8-16(5-7-22-14)26-21(29)24-11-17-9-18(31-27-17)13-30-19-4-3-6-23-20(19)15-10-25-28(2)12-15/h3-8,10,12,18H,9,11,13H2,1-2H3,(H2,22,24,26,29). The van der Waals surface area contributed by atoms with E-state index in [4.69, 9.17) is 9.57 Å². The number of anilines is 1. The van der Waals surface area contributed by atoms with Crippen molar-refractivity contribution in [1.29, 1.82) is 0 Å². The molecule has 2 amide bonds. The van der Waals surface area contributed by atoms with Crippen LogP contribution in [0, 0.1) is 6.92 Å². The smallest absolute Gasteiger partial charge is 0.319 e. The Kier molecular flexibility index (Phi) is 6.06. The number of hydrogen-bond acceptors (Lipinski definition) is 7. The molecule has 4 rings (SSSR count). The minimum atomic E-state index is -0.315. The molecule has 10 heteroatoms. The second-order valence-corrected chi connectivity index (χ2v) is 7.15. The summed E-state index contributed by atoms with van der Waals surface area (Å²) in [5.41, 5.74) is 3.85. The van der Waals surface area contributed by atoms with Gasteiger partial charge in [0.2, 0.25) is 0 Å². The van der Waals surface area contributed by atoms with Crippen molar-refractivity contribution in [3.05, 3.63) is 54.7 Å². The van der Waals surface area contributed by atoms with Gasteiger partial charge in [0.25, 0.3) is 0 Å². The third-order valence-corrected chi connectivity index (χ3v) is 4.58. The monoisotopic (exact) mass is 421 g/mol. The summed E-state index contributed by atoms with van der Waals surface area (Å²) in [5, 5.41) is 13.8. The number of aryl methyl sites for hydroxylation is 2. The summed E-state index contributed by atoms with van der Waals surface area (Å²) in [5.74, 6) is 0.651. The average molecular weight is 421 g/mol. The van der Waals surface area contributed by atoms with E-state index in [0.717, 1.165) is 22.7 Å². The minimum Gasteiger partial charge on any atom is -0.487 e. The van der Waals surface area contributed by atoms with Crippen molar-refractivity contribution in [3.63, 3.8) is 0 Å². The Labute approximate surface area is 179 Å². The van der Waals surface area contributed by atoms with Crippen LogP contribution < -0.4 is 15.4 Å². The van der Waals surface area contributed by atoms with Gasteiger partial charge >= 0.3 is 6.03 Å². The maximum atomic E-state index is 12.1. The van der Waals surface area contributed by atoms with Crippen molar-refractivity contribution < 1.29 is 14.4 Å². The van der Waals surface area contributed by atoms with Crippen LogP contribution in [0.5, 0.6) is 5.75 Å². The molecular weight excluding hydrogens is 398 g/mol. The van der Waals surface area contributed by atoms with Crippen LogP contribution in [0.1, 0.15) is 12.1 Å². The van der Waals surface area contributed by atoms with Crippen LogP contribution in [0.4, 0.5) is 10.5 Å². The quantitative estimate of drug-likeness (QED) is 0.606. The first-order valence-corrected chi connectivity index (χ1v) is 9.83. The summed E-state index contributed by atoms with van der Waals surface area (Å²) in [6.45, 7) is 2.47. The van der Waals surface area contributed by atoms with E-state index in [0.29, 0.717) is 31.0 Å². The Morgan fingerprint density at radius 2 is 2.23 bits per heavy atom. The third kappa shape index (κ3) is 5.35. The van der Waals surface area contributed by atoms with E-state index in [1.165, 1.54) is 0 Å². The number of nitrogens with one attached hydrogen (secondary N) is 2. The van der Waals surface area contributed by atoms with E-state index >= 15 is 0 Å². The van der Waals surface area contributed by atoms with Gasteiger partial charge in [-0.05, 0) is 31.2 Å². The molecule has 0 saturated heterocycles. The number of aromatic nitrogens is 4. The Bertz CT molecular complexity index is 1100. The minimum absolute atomic E-state index is 0.232. The first-order valence-electron chi connectivity index (χ1n) is 9.83. The topological polar surface area (TPSA) is 116 Å². The molecule has 1 unspecified atom stereocenters. The van der Waals surface area contributed by atoms with Gasteiger partial charge < -0.3 is 20.2 Å². The Morgan fingerprint density at radius 3 is 3.03 bits per heavy atom. The van der Waals surface area contributed by atoms with Gasteiger partial charge in [0.1, 0.15) is 18.1 Å². The molecule has 0 bridgehead atoms. The number of hydrogen-bond donors (Lipinski definition) is 2. The van der Waals surface area contributed by atoms with Crippen molar-refractivity contribution in [2.45, 2.75) is 19.4 Å². The lowest BCUT2D eigenvalue weighted by Crippen LogP contribution is -2.33.